The fraction of sp³-hybridized carbons (Fsp3) is 0.963. The van der Waals surface area contributed by atoms with Crippen molar-refractivity contribution in [3.05, 3.63) is 0 Å². The van der Waals surface area contributed by atoms with Gasteiger partial charge in [0.15, 0.2) is 6.29 Å². The Bertz CT molecular complexity index is 781. The van der Waals surface area contributed by atoms with E-state index < -0.39 is 36.6 Å². The fourth-order valence-electron chi connectivity index (χ4n) is 7.85. The maximum absolute atomic E-state index is 13.9. The molecule has 0 aromatic rings. The number of ether oxygens (including phenoxy) is 3. The molecule has 37 heavy (non-hydrogen) atoms. The summed E-state index contributed by atoms with van der Waals surface area (Å²) >= 11 is 0. The van der Waals surface area contributed by atoms with Gasteiger partial charge in [-0.25, -0.2) is 0 Å². The van der Waals surface area contributed by atoms with Crippen molar-refractivity contribution in [2.24, 2.45) is 46.8 Å². The number of rotatable bonds is 8. The standard InChI is InChI=1S/C20H28F6O2.C7H14O2/c1-3-27-10(2)28-18(19(21,22)23,20(24,25)26)9-14-7-13-8-15(14)17-12-5-4-11(6-12)16(13)17;1-5-7(2,3)6(8)9-4/h10-17H,3-9H2,1-2H3;5H2,1-4H3. The van der Waals surface area contributed by atoms with Crippen LogP contribution in [0.3, 0.4) is 0 Å². The maximum atomic E-state index is 13.9. The highest BCUT2D eigenvalue weighted by molar-refractivity contribution is 5.75. The van der Waals surface area contributed by atoms with Gasteiger partial charge in [0, 0.05) is 6.61 Å². The summed E-state index contributed by atoms with van der Waals surface area (Å²) < 4.78 is 97.5. The predicted octanol–water partition coefficient (Wildman–Crippen LogP) is 7.55. The van der Waals surface area contributed by atoms with Crippen molar-refractivity contribution < 1.29 is 45.3 Å². The Morgan fingerprint density at radius 2 is 1.46 bits per heavy atom. The zero-order valence-corrected chi connectivity index (χ0v) is 22.7. The van der Waals surface area contributed by atoms with Gasteiger partial charge in [-0.2, -0.15) is 26.3 Å². The maximum Gasteiger partial charge on any atom is 0.426 e. The molecule has 4 bridgehead atoms. The van der Waals surface area contributed by atoms with E-state index >= 15 is 0 Å². The SMILES string of the molecule is CCC(C)(C)C(=O)OC.CCOC(C)OC(CC1CC2CC1C1C3CCC(C3)C21)(C(F)(F)F)C(F)(F)F. The third kappa shape index (κ3) is 5.66. The summed E-state index contributed by atoms with van der Waals surface area (Å²) in [7, 11) is 1.42. The average Bonchev–Trinajstić information content (AvgIpc) is 3.57. The number of carbonyl (C=O) groups is 1. The summed E-state index contributed by atoms with van der Waals surface area (Å²) in [6, 6.07) is 0. The average molecular weight is 545 g/mol. The van der Waals surface area contributed by atoms with E-state index in [2.05, 4.69) is 9.47 Å². The lowest BCUT2D eigenvalue weighted by molar-refractivity contribution is -0.411. The molecule has 4 fully saturated rings. The Morgan fingerprint density at radius 1 is 0.892 bits per heavy atom. The van der Waals surface area contributed by atoms with E-state index in [1.807, 2.05) is 20.8 Å². The molecule has 0 aromatic carbocycles. The predicted molar refractivity (Wildman–Crippen MR) is 125 cm³/mol. The van der Waals surface area contributed by atoms with Crippen molar-refractivity contribution in [2.45, 2.75) is 104 Å². The molecule has 0 heterocycles. The molecule has 0 N–H and O–H groups in total. The molecule has 0 spiro atoms. The Kier molecular flexibility index (Phi) is 8.95. The number of halogens is 6. The highest BCUT2D eigenvalue weighted by atomic mass is 19.4. The van der Waals surface area contributed by atoms with Gasteiger partial charge in [0.25, 0.3) is 5.60 Å². The van der Waals surface area contributed by atoms with Crippen LogP contribution in [-0.4, -0.2) is 43.9 Å². The molecule has 4 saturated carbocycles. The first-order valence-electron chi connectivity index (χ1n) is 13.5. The largest absolute Gasteiger partial charge is 0.469 e. The van der Waals surface area contributed by atoms with Gasteiger partial charge >= 0.3 is 18.3 Å². The zero-order chi connectivity index (χ0) is 28.0. The van der Waals surface area contributed by atoms with Gasteiger partial charge in [-0.1, -0.05) is 6.92 Å². The molecule has 4 aliphatic carbocycles. The van der Waals surface area contributed by atoms with Crippen LogP contribution in [0.15, 0.2) is 0 Å². The van der Waals surface area contributed by atoms with Crippen LogP contribution in [0.5, 0.6) is 0 Å². The highest BCUT2D eigenvalue weighted by Gasteiger charge is 2.74. The molecule has 8 atom stereocenters. The van der Waals surface area contributed by atoms with E-state index in [4.69, 9.17) is 4.74 Å². The first kappa shape index (κ1) is 30.5. The van der Waals surface area contributed by atoms with Gasteiger partial charge in [0.2, 0.25) is 0 Å². The summed E-state index contributed by atoms with van der Waals surface area (Å²) in [6.07, 6.45) is -8.25. The van der Waals surface area contributed by atoms with Crippen molar-refractivity contribution in [1.29, 1.82) is 0 Å². The van der Waals surface area contributed by atoms with Crippen LogP contribution in [0, 0.1) is 46.8 Å². The van der Waals surface area contributed by atoms with Crippen LogP contribution in [0.1, 0.15) is 79.6 Å². The lowest BCUT2D eigenvalue weighted by Gasteiger charge is -2.44. The summed E-state index contributed by atoms with van der Waals surface area (Å²) in [6.45, 7) is 8.30. The number of carbonyl (C=O) groups excluding carboxylic acids is 1. The van der Waals surface area contributed by atoms with E-state index in [0.29, 0.717) is 36.0 Å². The monoisotopic (exact) mass is 544 g/mol. The fourth-order valence-corrected chi connectivity index (χ4v) is 7.85. The Balaban J connectivity index is 0.000000364. The van der Waals surface area contributed by atoms with Gasteiger partial charge in [0.1, 0.15) is 0 Å². The minimum absolute atomic E-state index is 0.0199. The first-order valence-corrected chi connectivity index (χ1v) is 13.5. The molecule has 4 nitrogen and oxygen atoms in total. The molecular formula is C27H42F6O4. The molecule has 4 rings (SSSR count). The third-order valence-corrected chi connectivity index (χ3v) is 9.73. The normalized spacial score (nSPS) is 33.7. The second kappa shape index (κ2) is 10.9. The van der Waals surface area contributed by atoms with E-state index in [-0.39, 0.29) is 23.9 Å². The van der Waals surface area contributed by atoms with E-state index in [1.165, 1.54) is 20.5 Å². The van der Waals surface area contributed by atoms with Crippen LogP contribution >= 0.6 is 0 Å². The molecule has 4 aliphatic rings. The van der Waals surface area contributed by atoms with Gasteiger partial charge in [0.05, 0.1) is 12.5 Å². The van der Waals surface area contributed by atoms with Crippen molar-refractivity contribution in [1.82, 2.24) is 0 Å². The van der Waals surface area contributed by atoms with Crippen molar-refractivity contribution in [2.75, 3.05) is 13.7 Å². The number of esters is 1. The third-order valence-electron chi connectivity index (χ3n) is 9.73. The minimum atomic E-state index is -5.55. The molecule has 10 heteroatoms. The van der Waals surface area contributed by atoms with Crippen LogP contribution < -0.4 is 0 Å². The molecule has 0 amide bonds. The van der Waals surface area contributed by atoms with Crippen LogP contribution in [-0.2, 0) is 19.0 Å². The summed E-state index contributed by atoms with van der Waals surface area (Å²) in [5.74, 6) is 1.55. The molecule has 0 saturated heterocycles. The second-order valence-electron chi connectivity index (χ2n) is 12.0. The molecule has 0 radical (unpaired) electrons. The number of methoxy groups -OCH3 is 1. The van der Waals surface area contributed by atoms with Gasteiger partial charge < -0.3 is 14.2 Å². The van der Waals surface area contributed by atoms with E-state index in [0.717, 1.165) is 32.6 Å². The van der Waals surface area contributed by atoms with Gasteiger partial charge in [-0.3, -0.25) is 4.79 Å². The van der Waals surface area contributed by atoms with Crippen LogP contribution in [0.4, 0.5) is 26.3 Å². The van der Waals surface area contributed by atoms with Crippen molar-refractivity contribution in [3.8, 4) is 0 Å². The second-order valence-corrected chi connectivity index (χ2v) is 12.0. The van der Waals surface area contributed by atoms with Crippen LogP contribution in [0.25, 0.3) is 0 Å². The Hall–Kier alpha value is -1.03. The zero-order valence-electron chi connectivity index (χ0n) is 22.7. The Morgan fingerprint density at radius 3 is 1.92 bits per heavy atom. The summed E-state index contributed by atoms with van der Waals surface area (Å²) in [5, 5.41) is 0. The minimum Gasteiger partial charge on any atom is -0.469 e. The van der Waals surface area contributed by atoms with Crippen LogP contribution in [0.2, 0.25) is 0 Å². The van der Waals surface area contributed by atoms with Crippen molar-refractivity contribution >= 4 is 5.97 Å². The summed E-state index contributed by atoms with van der Waals surface area (Å²) in [5.41, 5.74) is -4.48. The summed E-state index contributed by atoms with van der Waals surface area (Å²) in [4.78, 5) is 10.8. The number of alkyl halides is 6. The quantitative estimate of drug-likeness (QED) is 0.137. The number of hydrogen-bond acceptors (Lipinski definition) is 4. The molecule has 8 unspecified atom stereocenters. The van der Waals surface area contributed by atoms with Gasteiger partial charge in [-0.15, -0.1) is 0 Å². The molecule has 216 valence electrons. The lowest BCUT2D eigenvalue weighted by atomic mass is 9.65. The number of hydrogen-bond donors (Lipinski definition) is 0. The Labute approximate surface area is 216 Å². The first-order chi connectivity index (χ1) is 17.0. The topological polar surface area (TPSA) is 44.8 Å². The van der Waals surface area contributed by atoms with E-state index in [9.17, 15) is 31.1 Å². The van der Waals surface area contributed by atoms with Crippen molar-refractivity contribution in [3.63, 3.8) is 0 Å². The molecular weight excluding hydrogens is 502 g/mol. The van der Waals surface area contributed by atoms with Gasteiger partial charge in [-0.05, 0) is 114 Å². The smallest absolute Gasteiger partial charge is 0.426 e. The molecule has 0 aliphatic heterocycles. The number of fused-ring (bicyclic) bond motifs is 9. The van der Waals surface area contributed by atoms with E-state index in [1.54, 1.807) is 0 Å². The molecule has 0 aromatic heterocycles. The highest BCUT2D eigenvalue weighted by Crippen LogP contribution is 2.70. The lowest BCUT2D eigenvalue weighted by Crippen LogP contribution is -2.61.